The third-order valence-electron chi connectivity index (χ3n) is 4.77. The molecular formula is C22H15F3N4O4. The molecule has 0 aliphatic heterocycles. The monoisotopic (exact) mass is 456 g/mol. The van der Waals surface area contributed by atoms with E-state index in [1.807, 2.05) is 0 Å². The van der Waals surface area contributed by atoms with Crippen molar-refractivity contribution in [2.75, 3.05) is 0 Å². The van der Waals surface area contributed by atoms with Crippen LogP contribution >= 0.6 is 0 Å². The van der Waals surface area contributed by atoms with Crippen LogP contribution in [0.1, 0.15) is 26.6 Å². The van der Waals surface area contributed by atoms with Gasteiger partial charge < -0.3 is 4.42 Å². The number of amides is 2. The van der Waals surface area contributed by atoms with Crippen LogP contribution in [0.25, 0.3) is 22.1 Å². The Morgan fingerprint density at radius 2 is 1.64 bits per heavy atom. The van der Waals surface area contributed by atoms with E-state index in [0.29, 0.717) is 5.39 Å². The van der Waals surface area contributed by atoms with Crippen LogP contribution in [-0.2, 0) is 13.2 Å². The normalized spacial score (nSPS) is 11.4. The van der Waals surface area contributed by atoms with E-state index in [9.17, 15) is 27.6 Å². The Labute approximate surface area is 183 Å². The van der Waals surface area contributed by atoms with Crippen LogP contribution in [0.2, 0.25) is 0 Å². The highest BCUT2D eigenvalue weighted by Crippen LogP contribution is 2.32. The smallest absolute Gasteiger partial charge is 0.416 e. The number of halogens is 3. The zero-order chi connectivity index (χ0) is 23.8. The van der Waals surface area contributed by atoms with E-state index >= 15 is 0 Å². The summed E-state index contributed by atoms with van der Waals surface area (Å²) >= 11 is 0. The van der Waals surface area contributed by atoms with Crippen LogP contribution in [0.4, 0.5) is 13.2 Å². The van der Waals surface area contributed by atoms with E-state index in [4.69, 9.17) is 4.42 Å². The van der Waals surface area contributed by atoms with Gasteiger partial charge in [-0.2, -0.15) is 18.3 Å². The number of nitrogens with zero attached hydrogens (tertiary/aromatic N) is 2. The van der Waals surface area contributed by atoms with Gasteiger partial charge in [0.15, 0.2) is 11.5 Å². The van der Waals surface area contributed by atoms with Gasteiger partial charge >= 0.3 is 12.1 Å². The molecule has 0 aliphatic carbocycles. The van der Waals surface area contributed by atoms with Gasteiger partial charge in [0.05, 0.1) is 10.9 Å². The van der Waals surface area contributed by atoms with Crippen LogP contribution in [-0.4, -0.2) is 21.6 Å². The Morgan fingerprint density at radius 1 is 0.939 bits per heavy atom. The molecule has 2 heterocycles. The standard InChI is InChI=1S/C22H15F3N4O4/c1-29-21(32)15-8-3-2-7-14(15)18(28-29)20(31)27-26-19(30)17-10-9-16(33-17)12-5-4-6-13(11-12)22(23,24)25/h2-11H,1H3,(H,26,30)(H,27,31). The number of hydrogen-bond donors (Lipinski definition) is 2. The molecule has 0 fully saturated rings. The topological polar surface area (TPSA) is 106 Å². The summed E-state index contributed by atoms with van der Waals surface area (Å²) in [5, 5.41) is 4.53. The minimum atomic E-state index is -4.52. The molecule has 0 bridgehead atoms. The van der Waals surface area contributed by atoms with Crippen LogP contribution in [0.5, 0.6) is 0 Å². The van der Waals surface area contributed by atoms with E-state index in [2.05, 4.69) is 16.0 Å². The van der Waals surface area contributed by atoms with Crippen LogP contribution in [0, 0.1) is 0 Å². The summed E-state index contributed by atoms with van der Waals surface area (Å²) < 4.78 is 45.1. The zero-order valence-electron chi connectivity index (χ0n) is 16.9. The summed E-state index contributed by atoms with van der Waals surface area (Å²) in [6, 6.07) is 13.4. The predicted octanol–water partition coefficient (Wildman–Crippen LogP) is 3.29. The lowest BCUT2D eigenvalue weighted by Gasteiger charge is -2.09. The molecule has 33 heavy (non-hydrogen) atoms. The van der Waals surface area contributed by atoms with E-state index in [-0.39, 0.29) is 33.7 Å². The molecule has 2 amide bonds. The largest absolute Gasteiger partial charge is 0.451 e. The van der Waals surface area contributed by atoms with Crippen molar-refractivity contribution in [3.8, 4) is 11.3 Å². The van der Waals surface area contributed by atoms with Gasteiger partial charge in [-0.25, -0.2) is 4.68 Å². The molecular weight excluding hydrogens is 441 g/mol. The second-order valence-corrected chi connectivity index (χ2v) is 6.97. The molecule has 4 aromatic rings. The van der Waals surface area contributed by atoms with Crippen molar-refractivity contribution >= 4 is 22.6 Å². The number of nitrogens with one attached hydrogen (secondary N) is 2. The molecule has 0 radical (unpaired) electrons. The molecule has 0 aliphatic rings. The first-order valence-corrected chi connectivity index (χ1v) is 9.49. The SMILES string of the molecule is Cn1nc(C(=O)NNC(=O)c2ccc(-c3cccc(C(F)(F)F)c3)o2)c2ccccc2c1=O. The van der Waals surface area contributed by atoms with Gasteiger partial charge in [-0.1, -0.05) is 30.3 Å². The third kappa shape index (κ3) is 4.33. The number of aromatic nitrogens is 2. The highest BCUT2D eigenvalue weighted by atomic mass is 19.4. The predicted molar refractivity (Wildman–Crippen MR) is 111 cm³/mol. The number of benzene rings is 2. The van der Waals surface area contributed by atoms with Gasteiger partial charge in [0, 0.05) is 18.0 Å². The summed E-state index contributed by atoms with van der Waals surface area (Å²) in [4.78, 5) is 37.1. The van der Waals surface area contributed by atoms with Gasteiger partial charge in [-0.05, 0) is 30.3 Å². The lowest BCUT2D eigenvalue weighted by atomic mass is 10.1. The highest BCUT2D eigenvalue weighted by Gasteiger charge is 2.30. The van der Waals surface area contributed by atoms with Crippen LogP contribution in [0.15, 0.2) is 69.9 Å². The average molecular weight is 456 g/mol. The number of alkyl halides is 3. The van der Waals surface area contributed by atoms with Crippen molar-refractivity contribution in [1.29, 1.82) is 0 Å². The highest BCUT2D eigenvalue weighted by molar-refractivity contribution is 6.05. The van der Waals surface area contributed by atoms with Gasteiger partial charge in [-0.3, -0.25) is 25.2 Å². The van der Waals surface area contributed by atoms with Crippen molar-refractivity contribution in [1.82, 2.24) is 20.6 Å². The molecule has 4 rings (SSSR count). The molecule has 2 aromatic carbocycles. The first kappa shape index (κ1) is 21.8. The number of hydrogen-bond acceptors (Lipinski definition) is 5. The molecule has 0 spiro atoms. The van der Waals surface area contributed by atoms with Gasteiger partial charge in [0.2, 0.25) is 0 Å². The third-order valence-corrected chi connectivity index (χ3v) is 4.77. The fourth-order valence-electron chi connectivity index (χ4n) is 3.17. The second-order valence-electron chi connectivity index (χ2n) is 6.97. The van der Waals surface area contributed by atoms with Crippen molar-refractivity contribution in [2.24, 2.45) is 7.05 Å². The van der Waals surface area contributed by atoms with Gasteiger partial charge in [-0.15, -0.1) is 0 Å². The summed E-state index contributed by atoms with van der Waals surface area (Å²) in [6.45, 7) is 0. The number of fused-ring (bicyclic) bond motifs is 1. The molecule has 168 valence electrons. The number of carbonyl (C=O) groups is 2. The number of rotatable bonds is 3. The van der Waals surface area contributed by atoms with E-state index < -0.39 is 23.6 Å². The zero-order valence-corrected chi connectivity index (χ0v) is 16.9. The minimum absolute atomic E-state index is 0.0447. The Morgan fingerprint density at radius 3 is 2.36 bits per heavy atom. The fraction of sp³-hybridized carbons (Fsp3) is 0.0909. The summed E-state index contributed by atoms with van der Waals surface area (Å²) in [5.41, 5.74) is 3.15. The molecule has 0 saturated carbocycles. The van der Waals surface area contributed by atoms with Crippen LogP contribution < -0.4 is 16.4 Å². The summed E-state index contributed by atoms with van der Waals surface area (Å²) in [7, 11) is 1.39. The number of furan rings is 1. The number of aryl methyl sites for hydroxylation is 1. The fourth-order valence-corrected chi connectivity index (χ4v) is 3.17. The first-order chi connectivity index (χ1) is 15.6. The first-order valence-electron chi connectivity index (χ1n) is 9.49. The van der Waals surface area contributed by atoms with Crippen molar-refractivity contribution in [2.45, 2.75) is 6.18 Å². The second kappa shape index (κ2) is 8.26. The Bertz CT molecular complexity index is 1440. The van der Waals surface area contributed by atoms with Crippen LogP contribution in [0.3, 0.4) is 0 Å². The lowest BCUT2D eigenvalue weighted by molar-refractivity contribution is -0.137. The van der Waals surface area contributed by atoms with Gasteiger partial charge in [0.1, 0.15) is 5.76 Å². The molecule has 0 atom stereocenters. The Kier molecular flexibility index (Phi) is 5.46. The number of carbonyl (C=O) groups excluding carboxylic acids is 2. The molecule has 2 N–H and O–H groups in total. The molecule has 2 aromatic heterocycles. The lowest BCUT2D eigenvalue weighted by Crippen LogP contribution is -2.42. The maximum atomic E-state index is 12.9. The summed E-state index contributed by atoms with van der Waals surface area (Å²) in [5.74, 6) is -1.81. The average Bonchev–Trinajstić information content (AvgIpc) is 3.30. The summed E-state index contributed by atoms with van der Waals surface area (Å²) in [6.07, 6.45) is -4.52. The Balaban J connectivity index is 1.50. The van der Waals surface area contributed by atoms with Crippen molar-refractivity contribution in [3.63, 3.8) is 0 Å². The van der Waals surface area contributed by atoms with Gasteiger partial charge in [0.25, 0.3) is 11.5 Å². The molecule has 8 nitrogen and oxygen atoms in total. The molecule has 0 saturated heterocycles. The molecule has 0 unspecified atom stereocenters. The van der Waals surface area contributed by atoms with E-state index in [0.717, 1.165) is 16.8 Å². The maximum absolute atomic E-state index is 12.9. The minimum Gasteiger partial charge on any atom is -0.451 e. The molecule has 11 heteroatoms. The van der Waals surface area contributed by atoms with Crippen molar-refractivity contribution < 1.29 is 27.2 Å². The van der Waals surface area contributed by atoms with E-state index in [1.165, 1.54) is 31.3 Å². The number of hydrazine groups is 1. The quantitative estimate of drug-likeness (QED) is 0.460. The maximum Gasteiger partial charge on any atom is 0.416 e. The van der Waals surface area contributed by atoms with E-state index in [1.54, 1.807) is 24.3 Å². The Hall–Kier alpha value is -4.41. The van der Waals surface area contributed by atoms with Crippen molar-refractivity contribution in [3.05, 3.63) is 88.0 Å².